The number of carbonyl (C=O) groups excluding carboxylic acids is 1. The number of carbonyl (C=O) groups is 1. The molecule has 0 unspecified atom stereocenters. The lowest BCUT2D eigenvalue weighted by molar-refractivity contribution is -0.121. The molecule has 5 heteroatoms. The minimum Gasteiger partial charge on any atom is -0.350 e. The van der Waals surface area contributed by atoms with Crippen molar-refractivity contribution in [2.45, 2.75) is 39.7 Å². The van der Waals surface area contributed by atoms with E-state index in [9.17, 15) is 4.79 Å². The van der Waals surface area contributed by atoms with E-state index >= 15 is 0 Å². The number of fused-ring (bicyclic) bond motifs is 1. The van der Waals surface area contributed by atoms with Crippen molar-refractivity contribution in [3.05, 3.63) is 119 Å². The average molecular weight is 508 g/mol. The molecule has 0 bridgehead atoms. The van der Waals surface area contributed by atoms with Gasteiger partial charge in [0.15, 0.2) is 0 Å². The SMILES string of the molecule is Cc1ccc(C)c(-c2ccc3nc(-c4ccc(Cl)cc4)c(CCC(=O)N[C@H](C)c4ccccc4)n3c2)c1. The van der Waals surface area contributed by atoms with Crippen LogP contribution in [0.15, 0.2) is 91.1 Å². The lowest BCUT2D eigenvalue weighted by Crippen LogP contribution is -2.26. The molecule has 4 nitrogen and oxygen atoms in total. The lowest BCUT2D eigenvalue weighted by atomic mass is 10.00. The molecule has 2 heterocycles. The second kappa shape index (κ2) is 10.6. The number of amides is 1. The zero-order valence-electron chi connectivity index (χ0n) is 21.3. The molecule has 186 valence electrons. The summed E-state index contributed by atoms with van der Waals surface area (Å²) >= 11 is 6.16. The van der Waals surface area contributed by atoms with Crippen LogP contribution in [-0.2, 0) is 11.2 Å². The summed E-state index contributed by atoms with van der Waals surface area (Å²) in [6, 6.07) is 28.4. The zero-order chi connectivity index (χ0) is 25.9. The van der Waals surface area contributed by atoms with Crippen LogP contribution in [0, 0.1) is 13.8 Å². The molecule has 0 fully saturated rings. The van der Waals surface area contributed by atoms with Gasteiger partial charge in [-0.1, -0.05) is 77.8 Å². The van der Waals surface area contributed by atoms with Crippen molar-refractivity contribution in [3.8, 4) is 22.4 Å². The molecule has 1 N–H and O–H groups in total. The Bertz CT molecular complexity index is 1560. The summed E-state index contributed by atoms with van der Waals surface area (Å²) in [5.41, 5.74) is 9.57. The Hall–Kier alpha value is -3.89. The molecule has 0 aliphatic carbocycles. The van der Waals surface area contributed by atoms with Crippen LogP contribution in [0.25, 0.3) is 28.0 Å². The number of hydrogen-bond donors (Lipinski definition) is 1. The Kier molecular flexibility index (Phi) is 7.11. The number of aromatic nitrogens is 2. The van der Waals surface area contributed by atoms with Crippen molar-refractivity contribution in [2.24, 2.45) is 0 Å². The second-order valence-electron chi connectivity index (χ2n) is 9.58. The van der Waals surface area contributed by atoms with Crippen LogP contribution in [0.4, 0.5) is 0 Å². The molecule has 0 spiro atoms. The van der Waals surface area contributed by atoms with Gasteiger partial charge in [-0.3, -0.25) is 4.79 Å². The molecule has 5 rings (SSSR count). The van der Waals surface area contributed by atoms with E-state index in [0.717, 1.165) is 33.7 Å². The maximum absolute atomic E-state index is 13.0. The van der Waals surface area contributed by atoms with Crippen LogP contribution in [0.5, 0.6) is 0 Å². The third kappa shape index (κ3) is 5.45. The third-order valence-electron chi connectivity index (χ3n) is 6.81. The third-order valence-corrected chi connectivity index (χ3v) is 7.06. The normalized spacial score (nSPS) is 12.0. The monoisotopic (exact) mass is 507 g/mol. The zero-order valence-corrected chi connectivity index (χ0v) is 22.1. The van der Waals surface area contributed by atoms with Gasteiger partial charge in [0, 0.05) is 23.2 Å². The highest BCUT2D eigenvalue weighted by atomic mass is 35.5. The second-order valence-corrected chi connectivity index (χ2v) is 10.0. The molecule has 3 aromatic carbocycles. The predicted octanol–water partition coefficient (Wildman–Crippen LogP) is 7.75. The van der Waals surface area contributed by atoms with E-state index in [1.54, 1.807) is 0 Å². The van der Waals surface area contributed by atoms with Crippen molar-refractivity contribution in [1.29, 1.82) is 0 Å². The quantitative estimate of drug-likeness (QED) is 0.245. The number of rotatable bonds is 7. The smallest absolute Gasteiger partial charge is 0.220 e. The lowest BCUT2D eigenvalue weighted by Gasteiger charge is -2.14. The number of imidazole rings is 1. The van der Waals surface area contributed by atoms with Gasteiger partial charge in [0.2, 0.25) is 5.91 Å². The van der Waals surface area contributed by atoms with Gasteiger partial charge in [-0.25, -0.2) is 4.98 Å². The standard InChI is InChI=1S/C32H30ClN3O/c1-21-9-10-22(2)28(19-21)26-13-17-30-35-32(25-11-14-27(33)15-12-25)29(36(30)20-26)16-18-31(37)34-23(3)24-7-5-4-6-8-24/h4-15,17,19-20,23H,16,18H2,1-3H3,(H,34,37)/t23-/m1/s1. The van der Waals surface area contributed by atoms with Crippen LogP contribution in [-0.4, -0.2) is 15.3 Å². The molecule has 1 amide bonds. The van der Waals surface area contributed by atoms with Gasteiger partial charge in [-0.05, 0) is 73.7 Å². The van der Waals surface area contributed by atoms with Crippen LogP contribution in [0.2, 0.25) is 5.02 Å². The fourth-order valence-electron chi connectivity index (χ4n) is 4.75. The minimum atomic E-state index is -0.0532. The summed E-state index contributed by atoms with van der Waals surface area (Å²) < 4.78 is 2.13. The molecule has 0 aliphatic heterocycles. The van der Waals surface area contributed by atoms with Crippen molar-refractivity contribution in [2.75, 3.05) is 0 Å². The summed E-state index contributed by atoms with van der Waals surface area (Å²) in [6.07, 6.45) is 3.06. The van der Waals surface area contributed by atoms with E-state index in [2.05, 4.69) is 60.1 Å². The molecule has 5 aromatic rings. The van der Waals surface area contributed by atoms with Crippen molar-refractivity contribution < 1.29 is 4.79 Å². The number of halogens is 1. The number of pyridine rings is 1. The van der Waals surface area contributed by atoms with Gasteiger partial charge < -0.3 is 9.72 Å². The van der Waals surface area contributed by atoms with Crippen molar-refractivity contribution in [3.63, 3.8) is 0 Å². The van der Waals surface area contributed by atoms with E-state index in [1.165, 1.54) is 16.7 Å². The van der Waals surface area contributed by atoms with Crippen LogP contribution >= 0.6 is 11.6 Å². The molecular formula is C32H30ClN3O. The fourth-order valence-corrected chi connectivity index (χ4v) is 4.87. The van der Waals surface area contributed by atoms with E-state index in [4.69, 9.17) is 16.6 Å². The van der Waals surface area contributed by atoms with Crippen LogP contribution in [0.1, 0.15) is 41.8 Å². The van der Waals surface area contributed by atoms with E-state index < -0.39 is 0 Å². The first-order chi connectivity index (χ1) is 17.9. The van der Waals surface area contributed by atoms with Crippen molar-refractivity contribution >= 4 is 23.2 Å². The van der Waals surface area contributed by atoms with Gasteiger partial charge in [-0.15, -0.1) is 0 Å². The minimum absolute atomic E-state index is 0.0130. The van der Waals surface area contributed by atoms with Crippen molar-refractivity contribution in [1.82, 2.24) is 14.7 Å². The van der Waals surface area contributed by atoms with Gasteiger partial charge in [0.05, 0.1) is 17.4 Å². The van der Waals surface area contributed by atoms with Crippen LogP contribution in [0.3, 0.4) is 0 Å². The number of nitrogens with zero attached hydrogens (tertiary/aromatic N) is 2. The summed E-state index contributed by atoms with van der Waals surface area (Å²) in [5, 5.41) is 3.82. The molecule has 0 saturated heterocycles. The highest BCUT2D eigenvalue weighted by Crippen LogP contribution is 2.30. The van der Waals surface area contributed by atoms with Gasteiger partial charge >= 0.3 is 0 Å². The van der Waals surface area contributed by atoms with Gasteiger partial charge in [0.1, 0.15) is 5.65 Å². The highest BCUT2D eigenvalue weighted by Gasteiger charge is 2.18. The first-order valence-corrected chi connectivity index (χ1v) is 13.0. The maximum atomic E-state index is 13.0. The summed E-state index contributed by atoms with van der Waals surface area (Å²) in [5.74, 6) is 0.0130. The Morgan fingerprint density at radius 2 is 1.68 bits per heavy atom. The molecule has 37 heavy (non-hydrogen) atoms. The first-order valence-electron chi connectivity index (χ1n) is 12.6. The Labute approximate surface area is 223 Å². The van der Waals surface area contributed by atoms with E-state index in [0.29, 0.717) is 17.9 Å². The Balaban J connectivity index is 1.50. The summed E-state index contributed by atoms with van der Waals surface area (Å²) in [6.45, 7) is 6.25. The topological polar surface area (TPSA) is 46.4 Å². The number of benzene rings is 3. The van der Waals surface area contributed by atoms with Crippen LogP contribution < -0.4 is 5.32 Å². The van der Waals surface area contributed by atoms with Gasteiger partial charge in [0.25, 0.3) is 0 Å². The molecule has 0 aliphatic rings. The molecule has 0 saturated carbocycles. The largest absolute Gasteiger partial charge is 0.350 e. The Morgan fingerprint density at radius 1 is 0.946 bits per heavy atom. The Morgan fingerprint density at radius 3 is 2.43 bits per heavy atom. The van der Waals surface area contributed by atoms with E-state index in [1.807, 2.05) is 61.5 Å². The summed E-state index contributed by atoms with van der Waals surface area (Å²) in [4.78, 5) is 17.9. The first kappa shape index (κ1) is 24.8. The molecule has 0 radical (unpaired) electrons. The number of aryl methyl sites for hydroxylation is 3. The fraction of sp³-hybridized carbons (Fsp3) is 0.188. The van der Waals surface area contributed by atoms with Gasteiger partial charge in [-0.2, -0.15) is 0 Å². The number of nitrogens with one attached hydrogen (secondary N) is 1. The predicted molar refractivity (Wildman–Crippen MR) is 152 cm³/mol. The number of hydrogen-bond acceptors (Lipinski definition) is 2. The van der Waals surface area contributed by atoms with E-state index in [-0.39, 0.29) is 11.9 Å². The average Bonchev–Trinajstić information content (AvgIpc) is 3.27. The maximum Gasteiger partial charge on any atom is 0.220 e. The molecule has 1 atom stereocenters. The molecule has 2 aromatic heterocycles. The highest BCUT2D eigenvalue weighted by molar-refractivity contribution is 6.30. The molecular weight excluding hydrogens is 478 g/mol. The summed E-state index contributed by atoms with van der Waals surface area (Å²) in [7, 11) is 0.